The largest absolute Gasteiger partial charge is 0.449 e. The summed E-state index contributed by atoms with van der Waals surface area (Å²) in [6, 6.07) is 3.68. The zero-order chi connectivity index (χ0) is 40.0. The Hall–Kier alpha value is -4.40. The van der Waals surface area contributed by atoms with E-state index < -0.39 is 80.2 Å². The highest BCUT2D eigenvalue weighted by molar-refractivity contribution is 7.91. The second-order valence-corrected chi connectivity index (χ2v) is 19.7. The summed E-state index contributed by atoms with van der Waals surface area (Å²) in [5, 5.41) is 5.04. The number of hydrogen-bond donors (Lipinski definition) is 3. The minimum atomic E-state index is -3.92. The molecule has 3 saturated carbocycles. The molecule has 4 fully saturated rings. The number of alkyl carbamates (subject to hydrolysis) is 1. The summed E-state index contributed by atoms with van der Waals surface area (Å²) in [7, 11) is -3.92. The van der Waals surface area contributed by atoms with Gasteiger partial charge in [-0.25, -0.2) is 18.0 Å². The molecule has 0 radical (unpaired) electrons. The number of fused-ring (bicyclic) bond motifs is 3. The van der Waals surface area contributed by atoms with E-state index >= 15 is 0 Å². The van der Waals surface area contributed by atoms with Gasteiger partial charge in [0.25, 0.3) is 5.91 Å². The fraction of sp³-hybridized carbons (Fsp3) is 0.634. The molecule has 56 heavy (non-hydrogen) atoms. The minimum Gasteiger partial charge on any atom is -0.449 e. The molecule has 3 heterocycles. The fourth-order valence-electron chi connectivity index (χ4n) is 8.87. The highest BCUT2D eigenvalue weighted by Crippen LogP contribution is 2.46. The molecule has 6 aliphatic rings. The third-order valence-electron chi connectivity index (χ3n) is 12.7. The first-order valence-electron chi connectivity index (χ1n) is 20.0. The van der Waals surface area contributed by atoms with Gasteiger partial charge < -0.3 is 25.0 Å². The number of sulfonamides is 1. The number of nitrogens with one attached hydrogen (secondary N) is 3. The molecule has 1 saturated heterocycles. The van der Waals surface area contributed by atoms with Gasteiger partial charge in [-0.3, -0.25) is 24.0 Å². The van der Waals surface area contributed by atoms with Gasteiger partial charge in [-0.1, -0.05) is 76.5 Å². The topological polar surface area (TPSA) is 181 Å². The van der Waals surface area contributed by atoms with Crippen molar-refractivity contribution in [2.75, 3.05) is 13.2 Å². The van der Waals surface area contributed by atoms with Crippen LogP contribution in [0.15, 0.2) is 36.9 Å². The van der Waals surface area contributed by atoms with Crippen molar-refractivity contribution >= 4 is 46.0 Å². The van der Waals surface area contributed by atoms with Crippen LogP contribution in [-0.2, 0) is 47.0 Å². The number of allylic oxidation sites excluding steroid dienone is 1. The average Bonchev–Trinajstić information content (AvgIpc) is 4.05. The Labute approximate surface area is 329 Å². The van der Waals surface area contributed by atoms with Crippen LogP contribution in [0.2, 0.25) is 0 Å². The molecule has 3 aliphatic carbocycles. The monoisotopic (exact) mass is 793 g/mol. The SMILES string of the molecule is C=CC1C[C@]1(NC(=O)[C@@H]1C[C@@H]2CN1C(=O)[C@H](C1(C)CCCCC1)NC(=O)OCC(C)(C)CC/C=C/c1cccc3c1CN(C3)C(=O)O2)C(=O)NS(=O)(=O)C1CC1. The molecule has 0 spiro atoms. The zero-order valence-electron chi connectivity index (χ0n) is 32.6. The van der Waals surface area contributed by atoms with Crippen molar-refractivity contribution in [3.63, 3.8) is 0 Å². The van der Waals surface area contributed by atoms with Gasteiger partial charge in [-0.15, -0.1) is 6.58 Å². The van der Waals surface area contributed by atoms with Crippen LogP contribution in [-0.4, -0.2) is 90.3 Å². The first-order chi connectivity index (χ1) is 26.5. The molecule has 5 amide bonds. The number of hydrogen-bond acceptors (Lipinski definition) is 9. The summed E-state index contributed by atoms with van der Waals surface area (Å²) < 4.78 is 39.5. The molecule has 14 nitrogen and oxygen atoms in total. The van der Waals surface area contributed by atoms with Crippen LogP contribution in [0.3, 0.4) is 0 Å². The van der Waals surface area contributed by atoms with Gasteiger partial charge in [0.05, 0.1) is 24.9 Å². The molecule has 5 atom stereocenters. The first-order valence-corrected chi connectivity index (χ1v) is 21.6. The van der Waals surface area contributed by atoms with E-state index in [9.17, 15) is 32.4 Å². The van der Waals surface area contributed by atoms with Gasteiger partial charge in [-0.05, 0) is 72.5 Å². The second-order valence-electron chi connectivity index (χ2n) is 17.7. The van der Waals surface area contributed by atoms with Crippen LogP contribution < -0.4 is 15.4 Å². The average molecular weight is 794 g/mol. The van der Waals surface area contributed by atoms with Crippen molar-refractivity contribution < 1.29 is 41.9 Å². The zero-order valence-corrected chi connectivity index (χ0v) is 33.5. The van der Waals surface area contributed by atoms with E-state index in [1.54, 1.807) is 4.90 Å². The molecule has 1 aromatic rings. The lowest BCUT2D eigenvalue weighted by Gasteiger charge is -2.42. The molecule has 3 N–H and O–H groups in total. The van der Waals surface area contributed by atoms with Crippen molar-refractivity contribution in [1.82, 2.24) is 25.2 Å². The van der Waals surface area contributed by atoms with E-state index in [0.29, 0.717) is 38.8 Å². The molecule has 7 rings (SSSR count). The maximum atomic E-state index is 14.9. The van der Waals surface area contributed by atoms with Gasteiger partial charge in [0.1, 0.15) is 23.7 Å². The Morgan fingerprint density at radius 3 is 2.48 bits per heavy atom. The maximum absolute atomic E-state index is 14.9. The van der Waals surface area contributed by atoms with E-state index in [-0.39, 0.29) is 31.4 Å². The van der Waals surface area contributed by atoms with E-state index in [1.165, 1.54) is 11.0 Å². The second kappa shape index (κ2) is 15.2. The molecule has 1 aromatic carbocycles. The van der Waals surface area contributed by atoms with Crippen LogP contribution in [0.25, 0.3) is 6.08 Å². The van der Waals surface area contributed by atoms with Gasteiger partial charge >= 0.3 is 12.2 Å². The number of amides is 5. The highest BCUT2D eigenvalue weighted by Gasteiger charge is 2.62. The lowest BCUT2D eigenvalue weighted by atomic mass is 9.70. The minimum absolute atomic E-state index is 0.0724. The Morgan fingerprint density at radius 2 is 1.79 bits per heavy atom. The number of rotatable bonds is 7. The third kappa shape index (κ3) is 8.19. The van der Waals surface area contributed by atoms with E-state index in [1.807, 2.05) is 39.0 Å². The molecule has 3 aliphatic heterocycles. The fourth-order valence-corrected chi connectivity index (χ4v) is 10.2. The summed E-state index contributed by atoms with van der Waals surface area (Å²) in [5.41, 5.74) is 0.415. The Morgan fingerprint density at radius 1 is 1.04 bits per heavy atom. The van der Waals surface area contributed by atoms with Crippen molar-refractivity contribution in [3.05, 3.63) is 53.6 Å². The van der Waals surface area contributed by atoms with Gasteiger partial charge in [-0.2, -0.15) is 0 Å². The number of nitrogens with zero attached hydrogens (tertiary/aromatic N) is 2. The first kappa shape index (κ1) is 39.8. The predicted octanol–water partition coefficient (Wildman–Crippen LogP) is 4.68. The summed E-state index contributed by atoms with van der Waals surface area (Å²) in [6.45, 7) is 10.5. The summed E-state index contributed by atoms with van der Waals surface area (Å²) in [4.78, 5) is 73.2. The van der Waals surface area contributed by atoms with Crippen molar-refractivity contribution in [2.45, 2.75) is 133 Å². The highest BCUT2D eigenvalue weighted by atomic mass is 32.2. The summed E-state index contributed by atoms with van der Waals surface area (Å²) in [5.74, 6) is -2.61. The number of ether oxygens (including phenoxy) is 2. The lowest BCUT2D eigenvalue weighted by Crippen LogP contribution is -2.61. The van der Waals surface area contributed by atoms with Crippen molar-refractivity contribution in [3.8, 4) is 0 Å². The van der Waals surface area contributed by atoms with Crippen LogP contribution in [0.4, 0.5) is 9.59 Å². The number of cyclic esters (lactones) is 1. The third-order valence-corrected chi connectivity index (χ3v) is 14.5. The maximum Gasteiger partial charge on any atom is 0.410 e. The quantitative estimate of drug-likeness (QED) is 0.331. The molecule has 4 bridgehead atoms. The number of carbonyl (C=O) groups is 5. The number of benzene rings is 1. The normalized spacial score (nSPS) is 30.9. The lowest BCUT2D eigenvalue weighted by molar-refractivity contribution is -0.143. The van der Waals surface area contributed by atoms with E-state index in [4.69, 9.17) is 9.47 Å². The van der Waals surface area contributed by atoms with Gasteiger partial charge in [0, 0.05) is 18.9 Å². The van der Waals surface area contributed by atoms with Crippen LogP contribution in [0, 0.1) is 16.7 Å². The Bertz CT molecular complexity index is 1920. The van der Waals surface area contributed by atoms with E-state index in [2.05, 4.69) is 34.1 Å². The molecule has 15 heteroatoms. The summed E-state index contributed by atoms with van der Waals surface area (Å²) >= 11 is 0. The Balaban J connectivity index is 1.20. The van der Waals surface area contributed by atoms with Gasteiger partial charge in [0.15, 0.2) is 0 Å². The predicted molar refractivity (Wildman–Crippen MR) is 207 cm³/mol. The van der Waals surface area contributed by atoms with Crippen LogP contribution >= 0.6 is 0 Å². The summed E-state index contributed by atoms with van der Waals surface area (Å²) in [6.07, 6.45) is 9.86. The molecule has 1 unspecified atom stereocenters. The number of carbonyl (C=O) groups excluding carboxylic acids is 5. The van der Waals surface area contributed by atoms with Crippen LogP contribution in [0.1, 0.15) is 108 Å². The Kier molecular flexibility index (Phi) is 10.8. The standard InChI is InChI=1S/C41H55N5O9S/c1-5-28-21-41(28,36(49)44-56(52,53)30-15-16-30)43-34(47)32-20-29-23-46(32)35(48)33(40(4)18-8-6-9-19-40)42-37(50)54-25-39(2,3)17-10-7-12-26-13-11-14-27-22-45(24-31(26)27)38(51)55-29/h5,7,11-14,28-30,32-33H,1,6,8-10,15-25H2,2-4H3,(H,42,50)(H,43,47)(H,44,49)/b12-7+/t28?,29-,32+,33-,41-/m1/s1. The van der Waals surface area contributed by atoms with Crippen LogP contribution in [0.5, 0.6) is 0 Å². The molecular weight excluding hydrogens is 739 g/mol. The molecular formula is C41H55N5O9S. The van der Waals surface area contributed by atoms with Crippen molar-refractivity contribution in [1.29, 1.82) is 0 Å². The molecule has 0 aromatic heterocycles. The van der Waals surface area contributed by atoms with E-state index in [0.717, 1.165) is 48.8 Å². The smallest absolute Gasteiger partial charge is 0.410 e. The van der Waals surface area contributed by atoms with Crippen molar-refractivity contribution in [2.24, 2.45) is 16.7 Å². The molecule has 304 valence electrons. The van der Waals surface area contributed by atoms with Gasteiger partial charge in [0.2, 0.25) is 21.8 Å².